The van der Waals surface area contributed by atoms with Crippen LogP contribution in [0.2, 0.25) is 0 Å². The van der Waals surface area contributed by atoms with Crippen LogP contribution in [0.25, 0.3) is 78.2 Å². The fourth-order valence-electron chi connectivity index (χ4n) is 8.85. The van der Waals surface area contributed by atoms with Crippen LogP contribution in [0.3, 0.4) is 0 Å². The summed E-state index contributed by atoms with van der Waals surface area (Å²) < 4.78 is 0. The van der Waals surface area contributed by atoms with Gasteiger partial charge in [0.15, 0.2) is 17.5 Å². The van der Waals surface area contributed by atoms with E-state index < -0.39 is 5.41 Å². The van der Waals surface area contributed by atoms with Gasteiger partial charge in [-0.15, -0.1) is 0 Å². The van der Waals surface area contributed by atoms with Crippen molar-refractivity contribution in [1.29, 1.82) is 0 Å². The van der Waals surface area contributed by atoms with Crippen LogP contribution in [0.5, 0.6) is 0 Å². The van der Waals surface area contributed by atoms with E-state index in [1.807, 2.05) is 60.7 Å². The van der Waals surface area contributed by atoms with Crippen molar-refractivity contribution in [2.24, 2.45) is 0 Å². The van der Waals surface area contributed by atoms with Gasteiger partial charge in [0.2, 0.25) is 0 Å². The predicted octanol–water partition coefficient (Wildman–Crippen LogP) is 12.6. The Kier molecular flexibility index (Phi) is 7.68. The Balaban J connectivity index is 1.18. The van der Waals surface area contributed by atoms with Crippen molar-refractivity contribution in [2.45, 2.75) is 5.41 Å². The molecule has 0 N–H and O–H groups in total. The van der Waals surface area contributed by atoms with Crippen LogP contribution >= 0.6 is 0 Å². The quantitative estimate of drug-likeness (QED) is 0.160. The molecule has 4 heteroatoms. The fraction of sp³-hybridized carbons (Fsp3) is 0.0189. The minimum absolute atomic E-state index is 0.528. The van der Waals surface area contributed by atoms with Gasteiger partial charge in [0.05, 0.1) is 16.6 Å². The number of pyridine rings is 1. The maximum Gasteiger partial charge on any atom is 0.164 e. The average Bonchev–Trinajstić information content (AvgIpc) is 3.59. The third kappa shape index (κ3) is 5.30. The van der Waals surface area contributed by atoms with Crippen LogP contribution in [0.15, 0.2) is 206 Å². The Morgan fingerprint density at radius 1 is 0.298 bits per heavy atom. The summed E-state index contributed by atoms with van der Waals surface area (Å²) in [5.74, 6) is 1.87. The molecule has 57 heavy (non-hydrogen) atoms. The number of hydrogen-bond acceptors (Lipinski definition) is 4. The summed E-state index contributed by atoms with van der Waals surface area (Å²) in [6.45, 7) is 0. The highest BCUT2D eigenvalue weighted by atomic mass is 15.0. The van der Waals surface area contributed by atoms with Crippen molar-refractivity contribution in [3.63, 3.8) is 0 Å². The molecule has 0 saturated heterocycles. The molecule has 0 fully saturated rings. The van der Waals surface area contributed by atoms with Crippen LogP contribution in [-0.4, -0.2) is 19.9 Å². The number of nitrogens with zero attached hydrogens (tertiary/aromatic N) is 4. The SMILES string of the molecule is c1ccc(-c2nc(-c3ccccc3)nc(-c3cccc(-c4nc5ccccc5c5cc6c(cc45)C(c4ccccc4)(c4ccccc4)c4ccccc4-6)c3)n2)cc1. The predicted molar refractivity (Wildman–Crippen MR) is 232 cm³/mol. The molecule has 0 atom stereocenters. The maximum absolute atomic E-state index is 5.45. The summed E-state index contributed by atoms with van der Waals surface area (Å²) in [7, 11) is 0. The molecule has 0 saturated carbocycles. The number of para-hydroxylation sites is 1. The van der Waals surface area contributed by atoms with E-state index in [0.717, 1.165) is 44.2 Å². The molecule has 0 radical (unpaired) electrons. The molecule has 2 aromatic heterocycles. The first-order valence-electron chi connectivity index (χ1n) is 19.3. The van der Waals surface area contributed by atoms with Gasteiger partial charge in [0.1, 0.15) is 0 Å². The van der Waals surface area contributed by atoms with Gasteiger partial charge in [-0.2, -0.15) is 0 Å². The molecule has 1 aliphatic carbocycles. The second-order valence-corrected chi connectivity index (χ2v) is 14.6. The normalized spacial score (nSPS) is 12.7. The molecule has 266 valence electrons. The van der Waals surface area contributed by atoms with Gasteiger partial charge in [0, 0.05) is 33.0 Å². The number of rotatable bonds is 6. The van der Waals surface area contributed by atoms with Crippen molar-refractivity contribution >= 4 is 21.7 Å². The van der Waals surface area contributed by atoms with Crippen LogP contribution in [-0.2, 0) is 5.41 Å². The second-order valence-electron chi connectivity index (χ2n) is 14.6. The van der Waals surface area contributed by atoms with Crippen molar-refractivity contribution < 1.29 is 0 Å². The van der Waals surface area contributed by atoms with Crippen molar-refractivity contribution in [2.75, 3.05) is 0 Å². The standard InChI is InChI=1S/C53H34N4/c1-5-18-35(19-6-1)50-55-51(36-20-7-2-8-21-36)57-52(56-50)38-23-17-22-37(32-38)49-45-34-47-44(33-43(45)42-29-14-16-31-48(42)54-49)41-28-13-15-30-46(41)53(47,39-24-9-3-10-25-39)40-26-11-4-12-27-40/h1-34H. The lowest BCUT2D eigenvalue weighted by molar-refractivity contribution is 0.769. The zero-order valence-corrected chi connectivity index (χ0v) is 30.9. The Hall–Kier alpha value is -7.56. The van der Waals surface area contributed by atoms with Gasteiger partial charge < -0.3 is 0 Å². The third-order valence-electron chi connectivity index (χ3n) is 11.4. The minimum atomic E-state index is -0.528. The third-order valence-corrected chi connectivity index (χ3v) is 11.4. The first-order valence-corrected chi connectivity index (χ1v) is 19.3. The van der Waals surface area contributed by atoms with E-state index in [-0.39, 0.29) is 0 Å². The van der Waals surface area contributed by atoms with E-state index in [4.69, 9.17) is 19.9 Å². The topological polar surface area (TPSA) is 51.6 Å². The molecule has 0 spiro atoms. The van der Waals surface area contributed by atoms with Crippen LogP contribution < -0.4 is 0 Å². The van der Waals surface area contributed by atoms with Gasteiger partial charge in [-0.25, -0.2) is 19.9 Å². The Morgan fingerprint density at radius 2 is 0.807 bits per heavy atom. The van der Waals surface area contributed by atoms with Crippen LogP contribution in [0.1, 0.15) is 22.3 Å². The molecule has 4 nitrogen and oxygen atoms in total. The zero-order valence-electron chi connectivity index (χ0n) is 30.9. The zero-order chi connectivity index (χ0) is 37.8. The van der Waals surface area contributed by atoms with Gasteiger partial charge in [0.25, 0.3) is 0 Å². The summed E-state index contributed by atoms with van der Waals surface area (Å²) in [6, 6.07) is 72.9. The Labute approximate surface area is 330 Å². The maximum atomic E-state index is 5.45. The molecule has 0 aliphatic heterocycles. The highest BCUT2D eigenvalue weighted by Crippen LogP contribution is 2.57. The molecule has 10 aromatic rings. The number of benzene rings is 8. The van der Waals surface area contributed by atoms with Gasteiger partial charge >= 0.3 is 0 Å². The highest BCUT2D eigenvalue weighted by Gasteiger charge is 2.46. The van der Waals surface area contributed by atoms with E-state index in [1.165, 1.54) is 38.8 Å². The molecular weight excluding hydrogens is 693 g/mol. The van der Waals surface area contributed by atoms with E-state index >= 15 is 0 Å². The largest absolute Gasteiger partial charge is 0.247 e. The lowest BCUT2D eigenvalue weighted by Crippen LogP contribution is -2.28. The van der Waals surface area contributed by atoms with Gasteiger partial charge in [-0.1, -0.05) is 182 Å². The molecule has 0 amide bonds. The average molecular weight is 727 g/mol. The first-order chi connectivity index (χ1) is 28.3. The summed E-state index contributed by atoms with van der Waals surface area (Å²) in [5, 5.41) is 3.39. The van der Waals surface area contributed by atoms with E-state index in [1.54, 1.807) is 0 Å². The van der Waals surface area contributed by atoms with Crippen LogP contribution in [0.4, 0.5) is 0 Å². The first kappa shape index (κ1) is 32.8. The summed E-state index contributed by atoms with van der Waals surface area (Å²) >= 11 is 0. The number of aromatic nitrogens is 4. The van der Waals surface area contributed by atoms with Crippen molar-refractivity contribution in [1.82, 2.24) is 19.9 Å². The lowest BCUT2D eigenvalue weighted by atomic mass is 9.67. The van der Waals surface area contributed by atoms with Crippen molar-refractivity contribution in [3.8, 4) is 56.5 Å². The van der Waals surface area contributed by atoms with E-state index in [2.05, 4.69) is 146 Å². The minimum Gasteiger partial charge on any atom is -0.247 e. The van der Waals surface area contributed by atoms with E-state index in [0.29, 0.717) is 17.5 Å². The fourth-order valence-corrected chi connectivity index (χ4v) is 8.85. The van der Waals surface area contributed by atoms with Gasteiger partial charge in [-0.3, -0.25) is 0 Å². The Bertz CT molecular complexity index is 3010. The smallest absolute Gasteiger partial charge is 0.164 e. The lowest BCUT2D eigenvalue weighted by Gasteiger charge is -2.34. The monoisotopic (exact) mass is 726 g/mol. The number of hydrogen-bond donors (Lipinski definition) is 0. The molecule has 0 unspecified atom stereocenters. The van der Waals surface area contributed by atoms with Gasteiger partial charge in [-0.05, 0) is 63.0 Å². The summed E-state index contributed by atoms with van der Waals surface area (Å²) in [4.78, 5) is 20.5. The Morgan fingerprint density at radius 3 is 1.46 bits per heavy atom. The highest BCUT2D eigenvalue weighted by molar-refractivity contribution is 6.13. The molecular formula is C53H34N4. The van der Waals surface area contributed by atoms with E-state index in [9.17, 15) is 0 Å². The number of fused-ring (bicyclic) bond motifs is 6. The molecule has 1 aliphatic rings. The molecule has 0 bridgehead atoms. The molecule has 2 heterocycles. The van der Waals surface area contributed by atoms with Crippen molar-refractivity contribution in [3.05, 3.63) is 229 Å². The second kappa shape index (κ2) is 13.3. The molecule has 11 rings (SSSR count). The van der Waals surface area contributed by atoms with Crippen LogP contribution in [0, 0.1) is 0 Å². The molecule has 8 aromatic carbocycles. The summed E-state index contributed by atoms with van der Waals surface area (Å²) in [5.41, 5.74) is 12.6. The summed E-state index contributed by atoms with van der Waals surface area (Å²) in [6.07, 6.45) is 0.